The van der Waals surface area contributed by atoms with E-state index in [-0.39, 0.29) is 5.78 Å². The lowest BCUT2D eigenvalue weighted by Crippen LogP contribution is -2.09. The van der Waals surface area contributed by atoms with E-state index in [4.69, 9.17) is 0 Å². The Kier molecular flexibility index (Phi) is 3.38. The molecule has 0 aromatic carbocycles. The van der Waals surface area contributed by atoms with Crippen LogP contribution in [0.2, 0.25) is 0 Å². The first-order valence-electron chi connectivity index (χ1n) is 5.59. The number of imidazole rings is 1. The summed E-state index contributed by atoms with van der Waals surface area (Å²) in [5.74, 6) is 0.928. The van der Waals surface area contributed by atoms with Crippen LogP contribution in [-0.4, -0.2) is 20.3 Å². The maximum absolute atomic E-state index is 12.1. The summed E-state index contributed by atoms with van der Waals surface area (Å²) in [6.45, 7) is 6.67. The molecule has 2 aromatic rings. The van der Waals surface area contributed by atoms with Gasteiger partial charge in [-0.1, -0.05) is 0 Å². The fourth-order valence-electron chi connectivity index (χ4n) is 1.81. The second kappa shape index (κ2) is 4.79. The van der Waals surface area contributed by atoms with Crippen LogP contribution in [0.5, 0.6) is 0 Å². The first-order chi connectivity index (χ1) is 8.11. The van der Waals surface area contributed by atoms with Crippen molar-refractivity contribution < 1.29 is 4.79 Å². The first-order valence-corrected chi connectivity index (χ1v) is 6.40. The Morgan fingerprint density at radius 2 is 2.24 bits per heavy atom. The van der Waals surface area contributed by atoms with E-state index in [1.807, 2.05) is 31.5 Å². The van der Waals surface area contributed by atoms with Gasteiger partial charge in [0.15, 0.2) is 5.78 Å². The standard InChI is InChI=1S/C12H15N3OS/c1-4-15-6-5-13-11(15)7-10(16)12-8(2)14-9(3)17-12/h5-6H,4,7H2,1-3H3. The summed E-state index contributed by atoms with van der Waals surface area (Å²) in [5.41, 5.74) is 0.826. The van der Waals surface area contributed by atoms with Gasteiger partial charge in [0, 0.05) is 18.9 Å². The molecule has 0 N–H and O–H groups in total. The van der Waals surface area contributed by atoms with Gasteiger partial charge in [0.05, 0.1) is 22.0 Å². The normalized spacial score (nSPS) is 10.8. The van der Waals surface area contributed by atoms with Crippen LogP contribution in [0.4, 0.5) is 0 Å². The van der Waals surface area contributed by atoms with Gasteiger partial charge in [-0.05, 0) is 20.8 Å². The Morgan fingerprint density at radius 3 is 2.82 bits per heavy atom. The van der Waals surface area contributed by atoms with Gasteiger partial charge in [0.2, 0.25) is 0 Å². The van der Waals surface area contributed by atoms with E-state index < -0.39 is 0 Å². The minimum absolute atomic E-state index is 0.106. The molecule has 0 fully saturated rings. The Labute approximate surface area is 104 Å². The fraction of sp³-hybridized carbons (Fsp3) is 0.417. The van der Waals surface area contributed by atoms with Crippen LogP contribution in [0.3, 0.4) is 0 Å². The maximum Gasteiger partial charge on any atom is 0.182 e. The van der Waals surface area contributed by atoms with Crippen molar-refractivity contribution in [3.8, 4) is 0 Å². The van der Waals surface area contributed by atoms with Crippen molar-refractivity contribution in [1.29, 1.82) is 0 Å². The molecular weight excluding hydrogens is 234 g/mol. The third-order valence-electron chi connectivity index (χ3n) is 2.62. The smallest absolute Gasteiger partial charge is 0.182 e. The number of nitrogens with zero attached hydrogens (tertiary/aromatic N) is 3. The highest BCUT2D eigenvalue weighted by Gasteiger charge is 2.16. The zero-order valence-electron chi connectivity index (χ0n) is 10.2. The van der Waals surface area contributed by atoms with E-state index in [0.29, 0.717) is 6.42 Å². The Balaban J connectivity index is 2.20. The van der Waals surface area contributed by atoms with Gasteiger partial charge in [-0.25, -0.2) is 9.97 Å². The van der Waals surface area contributed by atoms with E-state index >= 15 is 0 Å². The third kappa shape index (κ3) is 2.44. The Hall–Kier alpha value is -1.49. The van der Waals surface area contributed by atoms with Crippen LogP contribution in [0.15, 0.2) is 12.4 Å². The largest absolute Gasteiger partial charge is 0.335 e. The number of carbonyl (C=O) groups is 1. The number of rotatable bonds is 4. The summed E-state index contributed by atoms with van der Waals surface area (Å²) >= 11 is 1.46. The average molecular weight is 249 g/mol. The van der Waals surface area contributed by atoms with Gasteiger partial charge in [-0.3, -0.25) is 4.79 Å². The molecule has 0 aliphatic rings. The summed E-state index contributed by atoms with van der Waals surface area (Å²) in [6.07, 6.45) is 3.98. The molecule has 0 spiro atoms. The molecule has 0 bridgehead atoms. The molecule has 0 amide bonds. The van der Waals surface area contributed by atoms with Crippen LogP contribution in [0, 0.1) is 13.8 Å². The average Bonchev–Trinajstić information content (AvgIpc) is 2.84. The number of thiazole rings is 1. The minimum atomic E-state index is 0.106. The van der Waals surface area contributed by atoms with Crippen molar-refractivity contribution in [3.63, 3.8) is 0 Å². The molecule has 2 rings (SSSR count). The number of aromatic nitrogens is 3. The van der Waals surface area contributed by atoms with Crippen molar-refractivity contribution in [1.82, 2.24) is 14.5 Å². The van der Waals surface area contributed by atoms with Gasteiger partial charge in [-0.2, -0.15) is 0 Å². The van der Waals surface area contributed by atoms with Crippen LogP contribution in [-0.2, 0) is 13.0 Å². The minimum Gasteiger partial charge on any atom is -0.335 e. The molecule has 2 heterocycles. The number of Topliss-reactive ketones (excluding diaryl/α,β-unsaturated/α-hetero) is 1. The predicted molar refractivity (Wildman–Crippen MR) is 67.5 cm³/mol. The van der Waals surface area contributed by atoms with Crippen LogP contribution >= 0.6 is 11.3 Å². The van der Waals surface area contributed by atoms with Crippen molar-refractivity contribution in [2.24, 2.45) is 0 Å². The van der Waals surface area contributed by atoms with E-state index in [9.17, 15) is 4.79 Å². The van der Waals surface area contributed by atoms with Crippen LogP contribution < -0.4 is 0 Å². The quantitative estimate of drug-likeness (QED) is 0.782. The molecule has 0 unspecified atom stereocenters. The number of hydrogen-bond donors (Lipinski definition) is 0. The number of carbonyl (C=O) groups excluding carboxylic acids is 1. The summed E-state index contributed by atoms with van der Waals surface area (Å²) in [4.78, 5) is 21.4. The molecule has 0 radical (unpaired) electrons. The zero-order chi connectivity index (χ0) is 12.4. The highest BCUT2D eigenvalue weighted by molar-refractivity contribution is 7.13. The number of ketones is 1. The summed E-state index contributed by atoms with van der Waals surface area (Å²) in [7, 11) is 0. The molecule has 0 aliphatic heterocycles. The van der Waals surface area contributed by atoms with E-state index in [2.05, 4.69) is 9.97 Å². The van der Waals surface area contributed by atoms with Crippen molar-refractivity contribution in [2.75, 3.05) is 0 Å². The molecular formula is C12H15N3OS. The molecule has 0 saturated heterocycles. The molecule has 2 aromatic heterocycles. The lowest BCUT2D eigenvalue weighted by atomic mass is 10.2. The second-order valence-corrected chi connectivity index (χ2v) is 5.08. The molecule has 0 saturated carbocycles. The second-order valence-electron chi connectivity index (χ2n) is 3.88. The molecule has 0 aliphatic carbocycles. The van der Waals surface area contributed by atoms with Gasteiger partial charge < -0.3 is 4.57 Å². The van der Waals surface area contributed by atoms with Crippen molar-refractivity contribution >= 4 is 17.1 Å². The highest BCUT2D eigenvalue weighted by Crippen LogP contribution is 2.19. The van der Waals surface area contributed by atoms with Crippen LogP contribution in [0.25, 0.3) is 0 Å². The van der Waals surface area contributed by atoms with E-state index in [0.717, 1.165) is 27.9 Å². The van der Waals surface area contributed by atoms with Gasteiger partial charge in [0.1, 0.15) is 5.82 Å². The molecule has 17 heavy (non-hydrogen) atoms. The number of hydrogen-bond acceptors (Lipinski definition) is 4. The number of aryl methyl sites for hydroxylation is 3. The highest BCUT2D eigenvalue weighted by atomic mass is 32.1. The van der Waals surface area contributed by atoms with E-state index in [1.165, 1.54) is 11.3 Å². The fourth-order valence-corrected chi connectivity index (χ4v) is 2.67. The van der Waals surface area contributed by atoms with Crippen LogP contribution in [0.1, 0.15) is 33.1 Å². The van der Waals surface area contributed by atoms with E-state index in [1.54, 1.807) is 6.20 Å². The summed E-state index contributed by atoms with van der Waals surface area (Å²) in [5, 5.41) is 0.935. The third-order valence-corrected chi connectivity index (χ3v) is 3.73. The lowest BCUT2D eigenvalue weighted by Gasteiger charge is -2.03. The molecule has 90 valence electrons. The van der Waals surface area contributed by atoms with Gasteiger partial charge >= 0.3 is 0 Å². The SMILES string of the molecule is CCn1ccnc1CC(=O)c1sc(C)nc1C. The maximum atomic E-state index is 12.1. The Bertz CT molecular complexity index is 542. The molecule has 5 heteroatoms. The lowest BCUT2D eigenvalue weighted by molar-refractivity contribution is 0.0993. The summed E-state index contributed by atoms with van der Waals surface area (Å²) < 4.78 is 1.99. The van der Waals surface area contributed by atoms with Crippen molar-refractivity contribution in [2.45, 2.75) is 33.7 Å². The Morgan fingerprint density at radius 1 is 1.47 bits per heavy atom. The van der Waals surface area contributed by atoms with Crippen molar-refractivity contribution in [3.05, 3.63) is 33.8 Å². The van der Waals surface area contributed by atoms with Gasteiger partial charge in [-0.15, -0.1) is 11.3 Å². The first kappa shape index (κ1) is 12.0. The molecule has 4 nitrogen and oxygen atoms in total. The summed E-state index contributed by atoms with van der Waals surface area (Å²) in [6, 6.07) is 0. The van der Waals surface area contributed by atoms with Gasteiger partial charge in [0.25, 0.3) is 0 Å². The zero-order valence-corrected chi connectivity index (χ0v) is 11.0. The topological polar surface area (TPSA) is 47.8 Å². The monoisotopic (exact) mass is 249 g/mol. The molecule has 0 atom stereocenters. The predicted octanol–water partition coefficient (Wildman–Crippen LogP) is 2.40.